The van der Waals surface area contributed by atoms with Gasteiger partial charge in [0.15, 0.2) is 12.6 Å². The molecule has 0 atom stereocenters. The number of aldehydes is 2. The van der Waals surface area contributed by atoms with E-state index in [0.29, 0.717) is 34.8 Å². The van der Waals surface area contributed by atoms with Crippen LogP contribution in [-0.2, 0) is 13.2 Å². The number of nitriles is 2. The smallest absolute Gasteiger partial charge is 0.200 e. The van der Waals surface area contributed by atoms with E-state index in [1.807, 2.05) is 12.1 Å². The third kappa shape index (κ3) is 6.83. The molecule has 0 N–H and O–H groups in total. The molecule has 12 heteroatoms. The van der Waals surface area contributed by atoms with Crippen molar-refractivity contribution in [3.05, 3.63) is 105 Å². The van der Waals surface area contributed by atoms with Crippen LogP contribution in [0.5, 0.6) is 23.0 Å². The summed E-state index contributed by atoms with van der Waals surface area (Å²) in [7, 11) is 0. The van der Waals surface area contributed by atoms with Gasteiger partial charge in [0.1, 0.15) is 36.9 Å². The van der Waals surface area contributed by atoms with E-state index in [2.05, 4.69) is 9.97 Å². The quantitative estimate of drug-likeness (QED) is 0.124. The van der Waals surface area contributed by atoms with Gasteiger partial charge in [-0.2, -0.15) is 10.5 Å². The predicted molar refractivity (Wildman–Crippen MR) is 142 cm³/mol. The Kier molecular flexibility index (Phi) is 9.11. The maximum Gasteiger partial charge on any atom is 0.200 e. The van der Waals surface area contributed by atoms with E-state index < -0.39 is 0 Å². The fourth-order valence-corrected chi connectivity index (χ4v) is 3.74. The summed E-state index contributed by atoms with van der Waals surface area (Å²) < 4.78 is 11.5. The molecule has 0 aliphatic carbocycles. The van der Waals surface area contributed by atoms with Crippen LogP contribution in [-0.4, -0.2) is 22.5 Å². The third-order valence-electron chi connectivity index (χ3n) is 5.24. The van der Waals surface area contributed by atoms with E-state index in [1.165, 1.54) is 49.1 Å². The summed E-state index contributed by atoms with van der Waals surface area (Å²) in [4.78, 5) is 41.9. The molecular formula is C28H16Cl2N4O6. The van der Waals surface area contributed by atoms with Crippen LogP contribution in [0.3, 0.4) is 0 Å². The highest BCUT2D eigenvalue weighted by Crippen LogP contribution is 2.36. The van der Waals surface area contributed by atoms with Crippen molar-refractivity contribution in [1.82, 2.24) is 9.97 Å². The second-order valence-electron chi connectivity index (χ2n) is 8.01. The van der Waals surface area contributed by atoms with Crippen LogP contribution >= 0.6 is 23.2 Å². The average molecular weight is 575 g/mol. The maximum atomic E-state index is 11.6. The lowest BCUT2D eigenvalue weighted by Crippen LogP contribution is -2.05. The molecule has 2 heterocycles. The van der Waals surface area contributed by atoms with E-state index in [0.717, 1.165) is 0 Å². The zero-order chi connectivity index (χ0) is 28.5. The molecule has 0 amide bonds. The fraction of sp³-hybridized carbons (Fsp3) is 0.0714. The van der Waals surface area contributed by atoms with Crippen molar-refractivity contribution >= 4 is 35.8 Å². The number of ether oxygens (including phenoxy) is 2. The summed E-state index contributed by atoms with van der Waals surface area (Å²) in [5.41, 5.74) is 2.24. The summed E-state index contributed by atoms with van der Waals surface area (Å²) in [6, 6.07) is 12.6. The molecule has 4 aromatic rings. The van der Waals surface area contributed by atoms with Gasteiger partial charge in [0.05, 0.1) is 32.3 Å². The minimum absolute atomic E-state index is 0.00330. The minimum Gasteiger partial charge on any atom is -0.488 e. The number of hydrogen-bond donors (Lipinski definition) is 0. The van der Waals surface area contributed by atoms with Crippen LogP contribution in [0.4, 0.5) is 0 Å². The molecule has 198 valence electrons. The number of carbonyl (C=O) groups is 2. The van der Waals surface area contributed by atoms with Crippen LogP contribution in [0.15, 0.2) is 61.2 Å². The largest absolute Gasteiger partial charge is 0.488 e. The van der Waals surface area contributed by atoms with E-state index in [-0.39, 0.29) is 57.4 Å². The monoisotopic (exact) mass is 574 g/mol. The molecule has 0 unspecified atom stereocenters. The number of benzene rings is 2. The number of pyridine rings is 2. The highest BCUT2D eigenvalue weighted by atomic mass is 35.5. The SMILES string of the molecule is N#Cc1cncc(COc2cc(OOc3cc(OCc4cncc(C#N)c4)c(C=O)cc3Cl)c(Cl)cc2C=O)c1. The van der Waals surface area contributed by atoms with E-state index in [4.69, 9.17) is 53.0 Å². The molecule has 0 saturated carbocycles. The summed E-state index contributed by atoms with van der Waals surface area (Å²) >= 11 is 12.5. The van der Waals surface area contributed by atoms with Gasteiger partial charge in [-0.05, 0) is 24.3 Å². The number of aromatic nitrogens is 2. The van der Waals surface area contributed by atoms with Crippen molar-refractivity contribution in [3.8, 4) is 35.1 Å². The van der Waals surface area contributed by atoms with Crippen molar-refractivity contribution in [2.45, 2.75) is 13.2 Å². The molecule has 0 bridgehead atoms. The standard InChI is InChI=1S/C28H16Cl2N4O6/c29-23-3-21(13-35)25(37-15-19-1-17(7-31)9-33-11-19)5-27(23)39-40-28-6-26(22(14-36)4-24(28)30)38-16-20-2-18(8-32)10-34-12-20/h1-6,9-14H,15-16H2. The number of hydrogen-bond acceptors (Lipinski definition) is 10. The first-order valence-corrected chi connectivity index (χ1v) is 12.0. The van der Waals surface area contributed by atoms with E-state index in [1.54, 1.807) is 12.1 Å². The Hall–Kier alpha value is -5.16. The van der Waals surface area contributed by atoms with Crippen molar-refractivity contribution in [1.29, 1.82) is 10.5 Å². The molecule has 0 spiro atoms. The second kappa shape index (κ2) is 13.1. The lowest BCUT2D eigenvalue weighted by Gasteiger charge is -2.14. The predicted octanol–water partition coefficient (Wildman–Crippen LogP) is 5.68. The molecule has 40 heavy (non-hydrogen) atoms. The second-order valence-corrected chi connectivity index (χ2v) is 8.82. The van der Waals surface area contributed by atoms with Gasteiger partial charge in [-0.1, -0.05) is 23.2 Å². The van der Waals surface area contributed by atoms with Crippen LogP contribution < -0.4 is 19.2 Å². The number of nitrogens with zero attached hydrogens (tertiary/aromatic N) is 4. The minimum atomic E-state index is 0.00330. The molecule has 10 nitrogen and oxygen atoms in total. The summed E-state index contributed by atoms with van der Waals surface area (Å²) in [6.07, 6.45) is 7.02. The van der Waals surface area contributed by atoms with Gasteiger partial charge in [-0.3, -0.25) is 29.3 Å². The van der Waals surface area contributed by atoms with Crippen LogP contribution in [0.2, 0.25) is 10.0 Å². The van der Waals surface area contributed by atoms with Crippen molar-refractivity contribution in [2.75, 3.05) is 0 Å². The van der Waals surface area contributed by atoms with Crippen LogP contribution in [0.1, 0.15) is 43.0 Å². The Bertz CT molecular complexity index is 1540. The van der Waals surface area contributed by atoms with Crippen molar-refractivity contribution < 1.29 is 28.8 Å². The molecular weight excluding hydrogens is 559 g/mol. The highest BCUT2D eigenvalue weighted by Gasteiger charge is 2.16. The third-order valence-corrected chi connectivity index (χ3v) is 5.83. The van der Waals surface area contributed by atoms with Gasteiger partial charge >= 0.3 is 0 Å². The number of halogens is 2. The Morgan fingerprint density at radius 1 is 0.650 bits per heavy atom. The first kappa shape index (κ1) is 27.9. The van der Waals surface area contributed by atoms with Gasteiger partial charge in [-0.15, -0.1) is 0 Å². The van der Waals surface area contributed by atoms with Crippen LogP contribution in [0.25, 0.3) is 0 Å². The first-order chi connectivity index (χ1) is 19.4. The van der Waals surface area contributed by atoms with Gasteiger partial charge < -0.3 is 9.47 Å². The zero-order valence-corrected chi connectivity index (χ0v) is 21.8. The Morgan fingerprint density at radius 2 is 1.07 bits per heavy atom. The average Bonchev–Trinajstić information content (AvgIpc) is 2.99. The summed E-state index contributed by atoms with van der Waals surface area (Å²) in [5, 5.41) is 18.2. The Balaban J connectivity index is 1.51. The normalized spacial score (nSPS) is 10.1. The summed E-state index contributed by atoms with van der Waals surface area (Å²) in [5.74, 6) is 0.284. The fourth-order valence-electron chi connectivity index (χ4n) is 3.33. The molecule has 2 aromatic carbocycles. The molecule has 0 aliphatic heterocycles. The maximum absolute atomic E-state index is 11.6. The number of rotatable bonds is 11. The molecule has 0 saturated heterocycles. The van der Waals surface area contributed by atoms with Gasteiger partial charge in [0.25, 0.3) is 0 Å². The van der Waals surface area contributed by atoms with Crippen molar-refractivity contribution in [2.24, 2.45) is 0 Å². The topological polar surface area (TPSA) is 144 Å². The van der Waals surface area contributed by atoms with Gasteiger partial charge in [0.2, 0.25) is 11.5 Å². The van der Waals surface area contributed by atoms with Crippen molar-refractivity contribution in [3.63, 3.8) is 0 Å². The van der Waals surface area contributed by atoms with Crippen LogP contribution in [0, 0.1) is 22.7 Å². The first-order valence-electron chi connectivity index (χ1n) is 11.3. The molecule has 0 radical (unpaired) electrons. The molecule has 4 rings (SSSR count). The Morgan fingerprint density at radius 3 is 1.45 bits per heavy atom. The molecule has 0 fully saturated rings. The summed E-state index contributed by atoms with van der Waals surface area (Å²) in [6.45, 7) is 0.0234. The Labute approximate surface area is 237 Å². The van der Waals surface area contributed by atoms with E-state index in [9.17, 15) is 9.59 Å². The van der Waals surface area contributed by atoms with E-state index >= 15 is 0 Å². The van der Waals surface area contributed by atoms with Gasteiger partial charge in [-0.25, -0.2) is 0 Å². The highest BCUT2D eigenvalue weighted by molar-refractivity contribution is 6.32. The lowest BCUT2D eigenvalue weighted by atomic mass is 10.2. The lowest BCUT2D eigenvalue weighted by molar-refractivity contribution is -0.1000. The zero-order valence-electron chi connectivity index (χ0n) is 20.3. The van der Waals surface area contributed by atoms with Gasteiger partial charge in [0, 0.05) is 48.0 Å². The molecule has 2 aromatic heterocycles. The number of carbonyl (C=O) groups excluding carboxylic acids is 2. The molecule has 0 aliphatic rings.